The number of ketones is 1. The second kappa shape index (κ2) is 5.65. The Morgan fingerprint density at radius 1 is 1.20 bits per heavy atom. The van der Waals surface area contributed by atoms with Gasteiger partial charge in [-0.3, -0.25) is 4.79 Å². The number of amides is 1. The van der Waals surface area contributed by atoms with Crippen molar-refractivity contribution in [3.8, 4) is 0 Å². The maximum Gasteiger partial charge on any atom is 0.410 e. The van der Waals surface area contributed by atoms with E-state index >= 15 is 0 Å². The van der Waals surface area contributed by atoms with Crippen molar-refractivity contribution in [2.24, 2.45) is 5.92 Å². The lowest BCUT2D eigenvalue weighted by molar-refractivity contribution is 0.0289. The Bertz CT molecular complexity index is 490. The van der Waals surface area contributed by atoms with E-state index in [4.69, 9.17) is 4.74 Å². The van der Waals surface area contributed by atoms with Crippen LogP contribution in [0.15, 0.2) is 30.3 Å². The van der Waals surface area contributed by atoms with Gasteiger partial charge in [0.05, 0.1) is 0 Å². The quantitative estimate of drug-likeness (QED) is 0.779. The first-order valence-electron chi connectivity index (χ1n) is 6.94. The summed E-state index contributed by atoms with van der Waals surface area (Å²) >= 11 is 0. The molecule has 1 fully saturated rings. The Hall–Kier alpha value is -1.84. The van der Waals surface area contributed by atoms with Gasteiger partial charge in [0.2, 0.25) is 0 Å². The molecule has 4 nitrogen and oxygen atoms in total. The van der Waals surface area contributed by atoms with Gasteiger partial charge < -0.3 is 9.64 Å². The van der Waals surface area contributed by atoms with Gasteiger partial charge in [-0.1, -0.05) is 30.3 Å². The van der Waals surface area contributed by atoms with Gasteiger partial charge in [0.15, 0.2) is 5.78 Å². The number of hydrogen-bond acceptors (Lipinski definition) is 3. The highest BCUT2D eigenvalue weighted by Gasteiger charge is 2.33. The summed E-state index contributed by atoms with van der Waals surface area (Å²) in [5.41, 5.74) is 0.210. The molecule has 20 heavy (non-hydrogen) atoms. The summed E-state index contributed by atoms with van der Waals surface area (Å²) < 4.78 is 5.33. The van der Waals surface area contributed by atoms with E-state index in [1.54, 1.807) is 4.90 Å². The number of likely N-dealkylation sites (tertiary alicyclic amines) is 1. The predicted octanol–water partition coefficient (Wildman–Crippen LogP) is 3.13. The zero-order chi connectivity index (χ0) is 14.8. The third kappa shape index (κ3) is 3.59. The lowest BCUT2D eigenvalue weighted by atomic mass is 9.97. The molecule has 2 rings (SSSR count). The highest BCUT2D eigenvalue weighted by Crippen LogP contribution is 2.22. The number of ether oxygens (including phenoxy) is 1. The molecule has 1 aromatic rings. The van der Waals surface area contributed by atoms with Crippen molar-refractivity contribution in [2.75, 3.05) is 13.1 Å². The van der Waals surface area contributed by atoms with Crippen molar-refractivity contribution >= 4 is 11.9 Å². The van der Waals surface area contributed by atoms with Crippen molar-refractivity contribution in [3.63, 3.8) is 0 Å². The molecule has 0 aliphatic carbocycles. The minimum atomic E-state index is -0.501. The maximum absolute atomic E-state index is 12.3. The van der Waals surface area contributed by atoms with E-state index in [9.17, 15) is 9.59 Å². The van der Waals surface area contributed by atoms with Gasteiger partial charge in [0, 0.05) is 24.6 Å². The van der Waals surface area contributed by atoms with Crippen molar-refractivity contribution in [3.05, 3.63) is 35.9 Å². The van der Waals surface area contributed by atoms with Gasteiger partial charge in [0.1, 0.15) is 5.60 Å². The van der Waals surface area contributed by atoms with Gasteiger partial charge in [-0.15, -0.1) is 0 Å². The molecule has 1 unspecified atom stereocenters. The van der Waals surface area contributed by atoms with Crippen LogP contribution in [0.4, 0.5) is 4.79 Å². The largest absolute Gasteiger partial charge is 0.444 e. The summed E-state index contributed by atoms with van der Waals surface area (Å²) in [4.78, 5) is 25.9. The molecule has 4 heteroatoms. The van der Waals surface area contributed by atoms with Crippen LogP contribution in [-0.2, 0) is 4.74 Å². The second-order valence-electron chi connectivity index (χ2n) is 6.14. The van der Waals surface area contributed by atoms with Crippen molar-refractivity contribution in [1.82, 2.24) is 4.90 Å². The molecule has 1 heterocycles. The van der Waals surface area contributed by atoms with Gasteiger partial charge in [-0.25, -0.2) is 4.79 Å². The van der Waals surface area contributed by atoms with E-state index < -0.39 is 5.60 Å². The molecule has 1 amide bonds. The molecule has 1 saturated heterocycles. The molecular weight excluding hydrogens is 254 g/mol. The number of benzene rings is 1. The fourth-order valence-electron chi connectivity index (χ4n) is 2.30. The summed E-state index contributed by atoms with van der Waals surface area (Å²) in [6, 6.07) is 9.23. The van der Waals surface area contributed by atoms with Crippen LogP contribution >= 0.6 is 0 Å². The fourth-order valence-corrected chi connectivity index (χ4v) is 2.30. The summed E-state index contributed by atoms with van der Waals surface area (Å²) in [5.74, 6) is -0.0124. The smallest absolute Gasteiger partial charge is 0.410 e. The molecule has 0 saturated carbocycles. The Morgan fingerprint density at radius 2 is 1.85 bits per heavy atom. The van der Waals surface area contributed by atoms with Gasteiger partial charge in [-0.2, -0.15) is 0 Å². The van der Waals surface area contributed by atoms with E-state index in [2.05, 4.69) is 0 Å². The molecule has 0 bridgehead atoms. The number of rotatable bonds is 2. The molecular formula is C16H21NO3. The van der Waals surface area contributed by atoms with Gasteiger partial charge in [-0.05, 0) is 27.2 Å². The van der Waals surface area contributed by atoms with Crippen LogP contribution in [-0.4, -0.2) is 35.5 Å². The standard InChI is InChI=1S/C16H21NO3/c1-16(2,3)20-15(19)17-10-9-13(11-17)14(18)12-7-5-4-6-8-12/h4-8,13H,9-11H2,1-3H3. The van der Waals surface area contributed by atoms with Crippen molar-refractivity contribution in [2.45, 2.75) is 32.8 Å². The molecule has 1 aromatic carbocycles. The third-order valence-electron chi connectivity index (χ3n) is 3.27. The summed E-state index contributed by atoms with van der Waals surface area (Å²) in [6.07, 6.45) is 0.369. The zero-order valence-electron chi connectivity index (χ0n) is 12.3. The minimum absolute atomic E-state index is 0.108. The van der Waals surface area contributed by atoms with Crippen LogP contribution in [0.3, 0.4) is 0 Å². The normalized spacial score (nSPS) is 18.9. The number of carbonyl (C=O) groups is 2. The molecule has 1 atom stereocenters. The van der Waals surface area contributed by atoms with Crippen LogP contribution in [0.1, 0.15) is 37.6 Å². The average Bonchev–Trinajstić information content (AvgIpc) is 2.86. The van der Waals surface area contributed by atoms with Crippen LogP contribution < -0.4 is 0 Å². The minimum Gasteiger partial charge on any atom is -0.444 e. The summed E-state index contributed by atoms with van der Waals surface area (Å²) in [7, 11) is 0. The Morgan fingerprint density at radius 3 is 2.45 bits per heavy atom. The Balaban J connectivity index is 1.96. The second-order valence-corrected chi connectivity index (χ2v) is 6.14. The Kier molecular flexibility index (Phi) is 4.12. The number of carbonyl (C=O) groups excluding carboxylic acids is 2. The number of nitrogens with zero attached hydrogens (tertiary/aromatic N) is 1. The molecule has 0 spiro atoms. The highest BCUT2D eigenvalue weighted by atomic mass is 16.6. The maximum atomic E-state index is 12.3. The number of Topliss-reactive ketones (excluding diaryl/α,β-unsaturated/α-hetero) is 1. The molecule has 1 aliphatic heterocycles. The summed E-state index contributed by atoms with van der Waals surface area (Å²) in [6.45, 7) is 6.55. The first kappa shape index (κ1) is 14.6. The first-order chi connectivity index (χ1) is 9.37. The molecule has 108 valence electrons. The zero-order valence-corrected chi connectivity index (χ0v) is 12.3. The van der Waals surface area contributed by atoms with Crippen LogP contribution in [0.2, 0.25) is 0 Å². The monoisotopic (exact) mass is 275 g/mol. The summed E-state index contributed by atoms with van der Waals surface area (Å²) in [5, 5.41) is 0. The SMILES string of the molecule is CC(C)(C)OC(=O)N1CCC(C(=O)c2ccccc2)C1. The van der Waals surface area contributed by atoms with Gasteiger partial charge >= 0.3 is 6.09 Å². The van der Waals surface area contributed by atoms with Crippen LogP contribution in [0.25, 0.3) is 0 Å². The molecule has 0 N–H and O–H groups in total. The van der Waals surface area contributed by atoms with E-state index in [1.165, 1.54) is 0 Å². The van der Waals surface area contributed by atoms with Crippen molar-refractivity contribution in [1.29, 1.82) is 0 Å². The third-order valence-corrected chi connectivity index (χ3v) is 3.27. The average molecular weight is 275 g/mol. The van der Waals surface area contributed by atoms with E-state index in [0.717, 1.165) is 0 Å². The lowest BCUT2D eigenvalue weighted by Crippen LogP contribution is -2.35. The van der Waals surface area contributed by atoms with Crippen LogP contribution in [0, 0.1) is 5.92 Å². The molecule has 1 aliphatic rings. The Labute approximate surface area is 119 Å². The predicted molar refractivity (Wildman–Crippen MR) is 76.7 cm³/mol. The highest BCUT2D eigenvalue weighted by molar-refractivity contribution is 5.98. The van der Waals surface area contributed by atoms with Crippen LogP contribution in [0.5, 0.6) is 0 Å². The van der Waals surface area contributed by atoms with Gasteiger partial charge in [0.25, 0.3) is 0 Å². The van der Waals surface area contributed by atoms with E-state index in [-0.39, 0.29) is 17.8 Å². The van der Waals surface area contributed by atoms with E-state index in [1.807, 2.05) is 51.1 Å². The first-order valence-corrected chi connectivity index (χ1v) is 6.94. The fraction of sp³-hybridized carbons (Fsp3) is 0.500. The lowest BCUT2D eigenvalue weighted by Gasteiger charge is -2.24. The molecule has 0 aromatic heterocycles. The topological polar surface area (TPSA) is 46.6 Å². The molecule has 0 radical (unpaired) electrons. The number of hydrogen-bond donors (Lipinski definition) is 0. The van der Waals surface area contributed by atoms with Crippen molar-refractivity contribution < 1.29 is 14.3 Å². The van der Waals surface area contributed by atoms with E-state index in [0.29, 0.717) is 25.1 Å².